The molecule has 124 heavy (non-hydrogen) atoms. The molecule has 0 fully saturated rings. The number of carbonyl (C=O) groups excluding carboxylic acids is 1. The predicted molar refractivity (Wildman–Crippen MR) is 446 cm³/mol. The lowest BCUT2D eigenvalue weighted by Gasteiger charge is -2.10. The van der Waals surface area contributed by atoms with Crippen molar-refractivity contribution in [2.75, 3.05) is 59.2 Å². The number of hydrogen-bond donors (Lipinski definition) is 4. The number of likely N-dealkylation sites (N-methyl/N-ethyl adjacent to an activating group) is 1. The second kappa shape index (κ2) is 36.6. The van der Waals surface area contributed by atoms with Crippen LogP contribution >= 0.6 is 0 Å². The molecule has 4 N–H and O–H groups in total. The number of aromatic nitrogens is 18. The molecule has 0 aliphatic heterocycles. The summed E-state index contributed by atoms with van der Waals surface area (Å²) in [6.45, 7) is 1.97. The van der Waals surface area contributed by atoms with Gasteiger partial charge in [-0.25, -0.2) is 40.7 Å². The molecule has 0 saturated carbocycles. The van der Waals surface area contributed by atoms with Crippen molar-refractivity contribution in [1.82, 2.24) is 98.9 Å². The highest BCUT2D eigenvalue weighted by Gasteiger charge is 2.21. The number of carbonyl (C=O) groups is 1. The van der Waals surface area contributed by atoms with Crippen molar-refractivity contribution >= 4 is 83.7 Å². The number of nitrogens with one attached hydrogen (secondary N) is 4. The third-order valence-electron chi connectivity index (χ3n) is 19.6. The van der Waals surface area contributed by atoms with E-state index in [1.807, 2.05) is 43.4 Å². The molecule has 5 aromatic carbocycles. The second-order valence-electron chi connectivity index (χ2n) is 27.3. The molecule has 19 rings (SSSR count). The van der Waals surface area contributed by atoms with Gasteiger partial charge in [0, 0.05) is 114 Å². The maximum Gasteiger partial charge on any atom is 0.252 e. The van der Waals surface area contributed by atoms with Crippen molar-refractivity contribution in [3.05, 3.63) is 301 Å². The van der Waals surface area contributed by atoms with E-state index in [0.29, 0.717) is 137 Å². The van der Waals surface area contributed by atoms with Crippen LogP contribution in [0.4, 0.5) is 42.1 Å². The number of fused-ring (bicyclic) bond motifs is 8. The fourth-order valence-corrected chi connectivity index (χ4v) is 13.2. The van der Waals surface area contributed by atoms with Gasteiger partial charge in [0.1, 0.15) is 70.4 Å². The zero-order valence-corrected chi connectivity index (χ0v) is 66.2. The summed E-state index contributed by atoms with van der Waals surface area (Å²) in [6.07, 6.45) is 16.5. The van der Waals surface area contributed by atoms with Gasteiger partial charge in [0.25, 0.3) is 5.91 Å². The lowest BCUT2D eigenvalue weighted by molar-refractivity contribution is 0.0953. The lowest BCUT2D eigenvalue weighted by Crippen LogP contribution is -2.30. The van der Waals surface area contributed by atoms with Crippen LogP contribution in [0.1, 0.15) is 33.7 Å². The van der Waals surface area contributed by atoms with Gasteiger partial charge in [-0.05, 0) is 139 Å². The first-order valence-electron chi connectivity index (χ1n) is 38.0. The molecule has 0 saturated heterocycles. The van der Waals surface area contributed by atoms with E-state index in [0.717, 1.165) is 45.4 Å². The van der Waals surface area contributed by atoms with Gasteiger partial charge in [0.05, 0.1) is 92.9 Å². The van der Waals surface area contributed by atoms with Crippen molar-refractivity contribution < 1.29 is 63.9 Å². The van der Waals surface area contributed by atoms with Crippen LogP contribution < -0.4 is 49.7 Å². The average Bonchev–Trinajstić information content (AvgIpc) is 1.63. The van der Waals surface area contributed by atoms with E-state index >= 15 is 0 Å². The summed E-state index contributed by atoms with van der Waals surface area (Å²) in [5.41, 5.74) is 9.98. The number of benzene rings is 5. The third-order valence-corrected chi connectivity index (χ3v) is 19.6. The highest BCUT2D eigenvalue weighted by Crippen LogP contribution is 2.34. The number of halogens is 7. The highest BCUT2D eigenvalue weighted by atomic mass is 19.2. The molecule has 29 nitrogen and oxygen atoms in total. The summed E-state index contributed by atoms with van der Waals surface area (Å²) in [6, 6.07) is 44.4. The van der Waals surface area contributed by atoms with Gasteiger partial charge in [-0.3, -0.25) is 42.3 Å². The first-order valence-corrected chi connectivity index (χ1v) is 38.0. The Bertz CT molecular complexity index is 7170. The molecule has 0 atom stereocenters. The summed E-state index contributed by atoms with van der Waals surface area (Å²) in [5, 5.41) is 46.4. The number of rotatable bonds is 23. The van der Waals surface area contributed by atoms with Gasteiger partial charge < -0.3 is 49.7 Å². The van der Waals surface area contributed by atoms with Crippen molar-refractivity contribution in [1.29, 1.82) is 0 Å². The number of pyridine rings is 10. The van der Waals surface area contributed by atoms with Crippen LogP contribution in [0.3, 0.4) is 0 Å². The summed E-state index contributed by atoms with van der Waals surface area (Å²) >= 11 is 0. The predicted octanol–water partition coefficient (Wildman–Crippen LogP) is 15.2. The Balaban J connectivity index is 0.000000122. The summed E-state index contributed by atoms with van der Waals surface area (Å²) in [4.78, 5) is 38.4. The Kier molecular flexibility index (Phi) is 24.1. The number of nitrogens with zero attached hydrogens (tertiary/aromatic N) is 18. The third kappa shape index (κ3) is 17.9. The maximum absolute atomic E-state index is 14.6. The summed E-state index contributed by atoms with van der Waals surface area (Å²) in [7, 11) is 8.17. The Hall–Kier alpha value is -16.1. The maximum atomic E-state index is 14.6. The van der Waals surface area contributed by atoms with E-state index in [1.54, 1.807) is 176 Å². The van der Waals surface area contributed by atoms with E-state index in [1.165, 1.54) is 52.9 Å². The molecule has 0 aliphatic rings. The minimum Gasteiger partial charge on any atom is -0.497 e. The topological polar surface area (TPSA) is 319 Å². The molecule has 14 aromatic heterocycles. The van der Waals surface area contributed by atoms with Crippen LogP contribution in [-0.4, -0.2) is 143 Å². The molecule has 0 bridgehead atoms. The Morgan fingerprint density at radius 3 is 1.35 bits per heavy atom. The molecule has 36 heteroatoms. The fraction of sp³-hybridized carbons (Fsp3) is 0.125. The Morgan fingerprint density at radius 2 is 0.831 bits per heavy atom. The number of methoxy groups -OCH3 is 4. The van der Waals surface area contributed by atoms with Crippen molar-refractivity contribution in [3.63, 3.8) is 0 Å². The molecular formula is C88H69F7N22O7. The molecule has 622 valence electrons. The summed E-state index contributed by atoms with van der Waals surface area (Å²) in [5.74, 6) is 1.27. The molecule has 0 aliphatic carbocycles. The van der Waals surface area contributed by atoms with E-state index < -0.39 is 34.9 Å². The van der Waals surface area contributed by atoms with E-state index in [4.69, 9.17) is 28.4 Å². The van der Waals surface area contributed by atoms with Gasteiger partial charge in [-0.15, -0.1) is 40.8 Å². The Labute approximate surface area is 698 Å². The molecule has 19 aromatic rings. The summed E-state index contributed by atoms with van der Waals surface area (Å²) < 4.78 is 137. The molecule has 14 heterocycles. The number of anilines is 2. The van der Waals surface area contributed by atoms with Gasteiger partial charge in [0.15, 0.2) is 75.0 Å². The monoisotopic (exact) mass is 1680 g/mol. The van der Waals surface area contributed by atoms with Crippen molar-refractivity contribution in [2.45, 2.75) is 26.3 Å². The minimum absolute atomic E-state index is 0.0237. The molecule has 1 amide bonds. The number of amides is 1. The van der Waals surface area contributed by atoms with Crippen molar-refractivity contribution in [2.24, 2.45) is 0 Å². The van der Waals surface area contributed by atoms with Gasteiger partial charge in [-0.2, -0.15) is 0 Å². The highest BCUT2D eigenvalue weighted by molar-refractivity contribution is 5.94. The zero-order chi connectivity index (χ0) is 85.9. The molecule has 0 radical (unpaired) electrons. The van der Waals surface area contributed by atoms with Gasteiger partial charge in [0.2, 0.25) is 0 Å². The van der Waals surface area contributed by atoms with E-state index in [-0.39, 0.29) is 55.0 Å². The largest absolute Gasteiger partial charge is 0.497 e. The normalized spacial score (nSPS) is 11.2. The smallest absolute Gasteiger partial charge is 0.252 e. The zero-order valence-electron chi connectivity index (χ0n) is 66.2. The minimum atomic E-state index is -1.01. The SMILES string of the molecule is CNCCNC(=O)c1ccc2nnc(COc3ccnc4cc(OC)ccc34)n2c1.COc1ccc2c(OCc3nnc4c(F)cc(-c5ccc(F)cc5)cn34)ccnc2c1.COc1cnc2c(NCc3nnc4c(F)cc(-c5ccc(F)c(F)c5)cn34)ccnc2c1.COc1cnc2c(NCc3nnc4c(F)cc(-c5cccc(F)c5)cn34)ccnc2c1. The standard InChI is InChI=1S/C23H16F2N4O2.C22H15F3N6O.C22H16F2N6O.C21H22N6O3/c1-30-17-6-7-18-20(11-17)26-9-8-21(18)31-13-22-27-28-23-19(25)10-15(12-29(22)23)14-2-4-16(24)5-3-14;1-32-14-8-19-21(28-9-14)18(4-5-26-19)27-10-20-29-30-22-17(25)7-13(11-31(20)22)12-2-3-15(23)16(24)6-12;1-31-16-9-19-21(27-10-16)18(5-6-25-19)26-11-20-28-29-22-17(24)8-14(12-30(20)22)13-3-2-4-15(23)7-13;1-22-9-10-24-21(28)14-3-6-19-25-26-20(27(19)12-14)13-30-18-7-8-23-17-11-15(29-2)4-5-16(17)18/h2-12H,13H2,1H3;2-9,11H,10H2,1H3,(H,26,27);2-10,12H,11H2,1H3,(H,25,26);3-8,11-12,22H,9-10,13H2,1-2H3,(H,24,28). The molecule has 0 spiro atoms. The van der Waals surface area contributed by atoms with E-state index in [2.05, 4.69) is 92.0 Å². The quantitative estimate of drug-likeness (QED) is 0.0341. The fourth-order valence-electron chi connectivity index (χ4n) is 13.2. The second-order valence-corrected chi connectivity index (χ2v) is 27.3. The van der Waals surface area contributed by atoms with Crippen LogP contribution in [0, 0.1) is 40.7 Å². The Morgan fingerprint density at radius 1 is 0.371 bits per heavy atom. The lowest BCUT2D eigenvalue weighted by atomic mass is 10.1. The van der Waals surface area contributed by atoms with Crippen LogP contribution in [0.25, 0.3) is 99.8 Å². The first-order chi connectivity index (χ1) is 60.5. The van der Waals surface area contributed by atoms with Crippen LogP contribution in [0.15, 0.2) is 232 Å². The van der Waals surface area contributed by atoms with Gasteiger partial charge in [-0.1, -0.05) is 30.3 Å². The van der Waals surface area contributed by atoms with Crippen LogP contribution in [0.2, 0.25) is 0 Å². The molecule has 0 unspecified atom stereocenters. The first kappa shape index (κ1) is 81.6. The average molecular weight is 1680 g/mol. The number of ether oxygens (including phenoxy) is 6. The van der Waals surface area contributed by atoms with Crippen LogP contribution in [0.5, 0.6) is 34.5 Å². The van der Waals surface area contributed by atoms with E-state index in [9.17, 15) is 35.5 Å². The molecular weight excluding hydrogens is 1610 g/mol. The number of hydrogen-bond acceptors (Lipinski definition) is 24. The van der Waals surface area contributed by atoms with Gasteiger partial charge >= 0.3 is 0 Å². The van der Waals surface area contributed by atoms with Crippen molar-refractivity contribution in [3.8, 4) is 67.9 Å². The van der Waals surface area contributed by atoms with Crippen LogP contribution in [-0.2, 0) is 26.3 Å².